The lowest BCUT2D eigenvalue weighted by Gasteiger charge is -2.39. The number of nitrogens with one attached hydrogen (secondary N) is 1. The predicted octanol–water partition coefficient (Wildman–Crippen LogP) is -0.0608. The molecule has 1 aliphatic heterocycles. The highest BCUT2D eigenvalue weighted by Crippen LogP contribution is 2.23. The topological polar surface area (TPSA) is 82.1 Å². The van der Waals surface area contributed by atoms with E-state index in [2.05, 4.69) is 10.3 Å². The van der Waals surface area contributed by atoms with Crippen molar-refractivity contribution < 1.29 is 13.2 Å². The van der Waals surface area contributed by atoms with Crippen LogP contribution < -0.4 is 5.32 Å². The number of carbonyl (C=O) groups is 1. The van der Waals surface area contributed by atoms with E-state index in [1.54, 1.807) is 32.8 Å². The number of rotatable bonds is 4. The Morgan fingerprint density at radius 3 is 2.50 bits per heavy atom. The van der Waals surface area contributed by atoms with Gasteiger partial charge in [-0.2, -0.15) is 0 Å². The average molecular weight is 332 g/mol. The lowest BCUT2D eigenvalue weighted by Crippen LogP contribution is -2.57. The van der Waals surface area contributed by atoms with E-state index in [1.165, 1.54) is 0 Å². The monoisotopic (exact) mass is 332 g/mol. The highest BCUT2D eigenvalue weighted by atomic mass is 32.2. The molecule has 0 spiro atoms. The normalized spacial score (nSPS) is 20.6. The maximum atomic E-state index is 12.1. The van der Waals surface area contributed by atoms with Crippen LogP contribution >= 0.6 is 0 Å². The van der Waals surface area contributed by atoms with Crippen molar-refractivity contribution in [3.63, 3.8) is 0 Å². The summed E-state index contributed by atoms with van der Waals surface area (Å²) in [7, 11) is 0.362. The van der Waals surface area contributed by atoms with Gasteiger partial charge < -0.3 is 15.1 Å². The first-order valence-electron chi connectivity index (χ1n) is 7.56. The molecule has 0 aliphatic carbocycles. The third-order valence-corrected chi connectivity index (χ3v) is 6.30. The fourth-order valence-electron chi connectivity index (χ4n) is 2.23. The molecule has 0 aromatic rings. The summed E-state index contributed by atoms with van der Waals surface area (Å²) in [4.78, 5) is 19.6. The van der Waals surface area contributed by atoms with E-state index in [0.717, 1.165) is 0 Å². The molecular formula is C14H28N4O3S. The third-order valence-electron chi connectivity index (χ3n) is 3.76. The Morgan fingerprint density at radius 1 is 1.36 bits per heavy atom. The molecule has 1 amide bonds. The van der Waals surface area contributed by atoms with Gasteiger partial charge in [-0.25, -0.2) is 8.42 Å². The van der Waals surface area contributed by atoms with Crippen LogP contribution in [0.15, 0.2) is 4.99 Å². The number of guanidine groups is 1. The number of carbonyl (C=O) groups excluding carboxylic acids is 1. The summed E-state index contributed by atoms with van der Waals surface area (Å²) < 4.78 is 23.4. The standard InChI is InChI=1S/C14H28N4O3S/c1-6-15-13(16-8-7-12(19)17(4)5)18-9-10-22(20,21)14(2,3)11-18/h6-11H2,1-5H3,(H,15,16). The maximum absolute atomic E-state index is 12.1. The smallest absolute Gasteiger partial charge is 0.223 e. The van der Waals surface area contributed by atoms with E-state index in [0.29, 0.717) is 38.6 Å². The molecule has 1 rings (SSSR count). The largest absolute Gasteiger partial charge is 0.357 e. The van der Waals surface area contributed by atoms with Crippen LogP contribution in [0.1, 0.15) is 27.2 Å². The highest BCUT2D eigenvalue weighted by Gasteiger charge is 2.40. The van der Waals surface area contributed by atoms with E-state index < -0.39 is 14.6 Å². The highest BCUT2D eigenvalue weighted by molar-refractivity contribution is 7.92. The molecule has 0 bridgehead atoms. The van der Waals surface area contributed by atoms with Crippen molar-refractivity contribution in [3.8, 4) is 0 Å². The van der Waals surface area contributed by atoms with Crippen molar-refractivity contribution in [2.24, 2.45) is 4.99 Å². The summed E-state index contributed by atoms with van der Waals surface area (Å²) in [5.74, 6) is 0.833. The minimum Gasteiger partial charge on any atom is -0.357 e. The van der Waals surface area contributed by atoms with Crippen LogP contribution in [0.5, 0.6) is 0 Å². The Bertz CT molecular complexity index is 526. The molecule has 0 unspecified atom stereocenters. The molecule has 1 fully saturated rings. The Balaban J connectivity index is 2.77. The fraction of sp³-hybridized carbons (Fsp3) is 0.857. The quantitative estimate of drug-likeness (QED) is 0.576. The summed E-state index contributed by atoms with van der Waals surface area (Å²) in [5.41, 5.74) is 0. The van der Waals surface area contributed by atoms with Crippen LogP contribution in [-0.2, 0) is 14.6 Å². The van der Waals surface area contributed by atoms with E-state index in [9.17, 15) is 13.2 Å². The van der Waals surface area contributed by atoms with Gasteiger partial charge in [-0.3, -0.25) is 9.79 Å². The van der Waals surface area contributed by atoms with Gasteiger partial charge in [0.25, 0.3) is 0 Å². The summed E-state index contributed by atoms with van der Waals surface area (Å²) in [5, 5.41) is 3.18. The summed E-state index contributed by atoms with van der Waals surface area (Å²) in [6.07, 6.45) is 0.345. The maximum Gasteiger partial charge on any atom is 0.223 e. The molecule has 0 saturated carbocycles. The molecule has 128 valence electrons. The summed E-state index contributed by atoms with van der Waals surface area (Å²) in [6, 6.07) is 0. The van der Waals surface area contributed by atoms with Crippen LogP contribution in [0.3, 0.4) is 0 Å². The Kier molecular flexibility index (Phi) is 6.22. The van der Waals surface area contributed by atoms with Crippen molar-refractivity contribution in [2.45, 2.75) is 31.9 Å². The Morgan fingerprint density at radius 2 is 2.00 bits per heavy atom. The zero-order chi connectivity index (χ0) is 17.0. The first kappa shape index (κ1) is 18.7. The van der Waals surface area contributed by atoms with E-state index >= 15 is 0 Å². The van der Waals surface area contributed by atoms with E-state index in [4.69, 9.17) is 0 Å². The van der Waals surface area contributed by atoms with Crippen molar-refractivity contribution in [1.82, 2.24) is 15.1 Å². The van der Waals surface area contributed by atoms with Gasteiger partial charge in [-0.15, -0.1) is 0 Å². The molecule has 22 heavy (non-hydrogen) atoms. The summed E-state index contributed by atoms with van der Waals surface area (Å²) >= 11 is 0. The van der Waals surface area contributed by atoms with Gasteiger partial charge in [-0.05, 0) is 20.8 Å². The van der Waals surface area contributed by atoms with Crippen molar-refractivity contribution >= 4 is 21.7 Å². The van der Waals surface area contributed by atoms with Gasteiger partial charge in [-0.1, -0.05) is 0 Å². The van der Waals surface area contributed by atoms with Gasteiger partial charge >= 0.3 is 0 Å². The third kappa shape index (κ3) is 4.59. The van der Waals surface area contributed by atoms with E-state index in [-0.39, 0.29) is 11.7 Å². The molecule has 0 aromatic heterocycles. The molecule has 0 aromatic carbocycles. The molecule has 1 saturated heterocycles. The molecule has 7 nitrogen and oxygen atoms in total. The second-order valence-corrected chi connectivity index (χ2v) is 9.02. The van der Waals surface area contributed by atoms with Crippen LogP contribution in [0.4, 0.5) is 0 Å². The number of hydrogen-bond acceptors (Lipinski definition) is 4. The van der Waals surface area contributed by atoms with Gasteiger partial charge in [0.2, 0.25) is 5.91 Å². The fourth-order valence-corrected chi connectivity index (χ4v) is 3.60. The van der Waals surface area contributed by atoms with E-state index in [1.807, 2.05) is 11.8 Å². The molecule has 1 aliphatic rings. The van der Waals surface area contributed by atoms with Gasteiger partial charge in [0, 0.05) is 40.2 Å². The predicted molar refractivity (Wildman–Crippen MR) is 88.7 cm³/mol. The van der Waals surface area contributed by atoms with Crippen LogP contribution in [0, 0.1) is 0 Å². The molecular weight excluding hydrogens is 304 g/mol. The van der Waals surface area contributed by atoms with Gasteiger partial charge in [0.05, 0.1) is 17.0 Å². The van der Waals surface area contributed by atoms with Crippen molar-refractivity contribution in [1.29, 1.82) is 0 Å². The molecule has 1 heterocycles. The molecule has 0 radical (unpaired) electrons. The number of sulfone groups is 1. The lowest BCUT2D eigenvalue weighted by atomic mass is 10.2. The van der Waals surface area contributed by atoms with Crippen LogP contribution in [-0.4, -0.2) is 80.9 Å². The lowest BCUT2D eigenvalue weighted by molar-refractivity contribution is -0.128. The van der Waals surface area contributed by atoms with Gasteiger partial charge in [0.15, 0.2) is 15.8 Å². The SMILES string of the molecule is CCNC(=NCCC(=O)N(C)C)N1CCS(=O)(=O)C(C)(C)C1. The minimum atomic E-state index is -3.07. The second-order valence-electron chi connectivity index (χ2n) is 6.27. The van der Waals surface area contributed by atoms with Crippen molar-refractivity contribution in [2.75, 3.05) is 46.0 Å². The molecule has 0 atom stereocenters. The number of nitrogens with zero attached hydrogens (tertiary/aromatic N) is 3. The van der Waals surface area contributed by atoms with Crippen molar-refractivity contribution in [3.05, 3.63) is 0 Å². The number of amides is 1. The average Bonchev–Trinajstić information content (AvgIpc) is 2.40. The Hall–Kier alpha value is -1.31. The van der Waals surface area contributed by atoms with Crippen LogP contribution in [0.25, 0.3) is 0 Å². The zero-order valence-corrected chi connectivity index (χ0v) is 15.0. The van der Waals surface area contributed by atoms with Crippen LogP contribution in [0.2, 0.25) is 0 Å². The Labute approximate surface area is 133 Å². The number of aliphatic imine (C=N–C) groups is 1. The molecule has 8 heteroatoms. The first-order valence-corrected chi connectivity index (χ1v) is 9.21. The van der Waals surface area contributed by atoms with Gasteiger partial charge in [0.1, 0.15) is 0 Å². The minimum absolute atomic E-state index is 0.0288. The zero-order valence-electron chi connectivity index (χ0n) is 14.2. The first-order chi connectivity index (χ1) is 10.1. The number of hydrogen-bond donors (Lipinski definition) is 1. The second kappa shape index (κ2) is 7.30. The summed E-state index contributed by atoms with van der Waals surface area (Å²) in [6.45, 7) is 7.38. The molecule has 1 N–H and O–H groups in total.